The zero-order valence-electron chi connectivity index (χ0n) is 11.2. The number of nitrogens with one attached hydrogen (secondary N) is 2. The Morgan fingerprint density at radius 1 is 1.50 bits per heavy atom. The van der Waals surface area contributed by atoms with Crippen LogP contribution in [0.15, 0.2) is 18.7 Å². The molecule has 0 fully saturated rings. The van der Waals surface area contributed by atoms with Gasteiger partial charge in [-0.25, -0.2) is 9.97 Å². The van der Waals surface area contributed by atoms with E-state index >= 15 is 0 Å². The topological polar surface area (TPSA) is 66.9 Å². The van der Waals surface area contributed by atoms with Gasteiger partial charge in [-0.1, -0.05) is 19.9 Å². The number of rotatable bonds is 6. The lowest BCUT2D eigenvalue weighted by Gasteiger charge is -2.10. The van der Waals surface area contributed by atoms with Gasteiger partial charge in [0.05, 0.1) is 0 Å². The Morgan fingerprint density at radius 2 is 2.22 bits per heavy atom. The number of hydrogen-bond acceptors (Lipinski definition) is 4. The molecule has 0 aliphatic carbocycles. The maximum absolute atomic E-state index is 11.8. The predicted molar refractivity (Wildman–Crippen MR) is 72.6 cm³/mol. The molecule has 5 heteroatoms. The molecule has 0 unspecified atom stereocenters. The molecule has 0 bridgehead atoms. The van der Waals surface area contributed by atoms with Crippen molar-refractivity contribution in [3.63, 3.8) is 0 Å². The van der Waals surface area contributed by atoms with Crippen molar-refractivity contribution in [3.8, 4) is 0 Å². The molecule has 1 rings (SSSR count). The molecule has 5 nitrogen and oxygen atoms in total. The standard InChI is InChI=1S/C13H20N4O/c1-5-6-14-13(18)11-7-12(15-8-9(2)3)17-10(4)16-11/h5,7,9H,1,6,8H2,2-4H3,(H,14,18)(H,15,16,17). The van der Waals surface area contributed by atoms with Crippen LogP contribution < -0.4 is 10.6 Å². The summed E-state index contributed by atoms with van der Waals surface area (Å²) < 4.78 is 0. The molecule has 0 radical (unpaired) electrons. The maximum atomic E-state index is 11.8. The van der Waals surface area contributed by atoms with Gasteiger partial charge in [-0.15, -0.1) is 6.58 Å². The fraction of sp³-hybridized carbons (Fsp3) is 0.462. The summed E-state index contributed by atoms with van der Waals surface area (Å²) in [6.07, 6.45) is 1.63. The molecule has 1 heterocycles. The first-order chi connectivity index (χ1) is 8.52. The molecule has 0 saturated heterocycles. The van der Waals surface area contributed by atoms with Crippen molar-refractivity contribution in [1.29, 1.82) is 0 Å². The molecular weight excluding hydrogens is 228 g/mol. The summed E-state index contributed by atoms with van der Waals surface area (Å²) in [6.45, 7) is 10.8. The number of hydrogen-bond donors (Lipinski definition) is 2. The third kappa shape index (κ3) is 4.53. The minimum absolute atomic E-state index is 0.215. The summed E-state index contributed by atoms with van der Waals surface area (Å²) in [5.74, 6) is 1.55. The van der Waals surface area contributed by atoms with Crippen LogP contribution in [0.4, 0.5) is 5.82 Å². The van der Waals surface area contributed by atoms with Gasteiger partial charge in [0.25, 0.3) is 5.91 Å². The van der Waals surface area contributed by atoms with Gasteiger partial charge < -0.3 is 10.6 Å². The number of aryl methyl sites for hydroxylation is 1. The highest BCUT2D eigenvalue weighted by Crippen LogP contribution is 2.07. The van der Waals surface area contributed by atoms with E-state index in [4.69, 9.17) is 0 Å². The van der Waals surface area contributed by atoms with Crippen LogP contribution >= 0.6 is 0 Å². The zero-order valence-corrected chi connectivity index (χ0v) is 11.2. The highest BCUT2D eigenvalue weighted by Gasteiger charge is 2.09. The second-order valence-electron chi connectivity index (χ2n) is 4.46. The summed E-state index contributed by atoms with van der Waals surface area (Å²) in [7, 11) is 0. The van der Waals surface area contributed by atoms with Gasteiger partial charge in [0, 0.05) is 19.2 Å². The lowest BCUT2D eigenvalue weighted by atomic mass is 10.2. The number of anilines is 1. The van der Waals surface area contributed by atoms with Crippen LogP contribution in [0.1, 0.15) is 30.2 Å². The van der Waals surface area contributed by atoms with Crippen molar-refractivity contribution in [2.45, 2.75) is 20.8 Å². The molecule has 18 heavy (non-hydrogen) atoms. The number of carbonyl (C=O) groups is 1. The summed E-state index contributed by atoms with van der Waals surface area (Å²) in [4.78, 5) is 20.1. The SMILES string of the molecule is C=CCNC(=O)c1cc(NCC(C)C)nc(C)n1. The number of nitrogens with zero attached hydrogens (tertiary/aromatic N) is 2. The van der Waals surface area contributed by atoms with Crippen LogP contribution in [-0.2, 0) is 0 Å². The largest absolute Gasteiger partial charge is 0.370 e. The second kappa shape index (κ2) is 6.74. The van der Waals surface area contributed by atoms with E-state index in [1.165, 1.54) is 0 Å². The minimum Gasteiger partial charge on any atom is -0.370 e. The molecule has 0 atom stereocenters. The van der Waals surface area contributed by atoms with E-state index in [1.54, 1.807) is 19.1 Å². The van der Waals surface area contributed by atoms with Gasteiger partial charge in [-0.3, -0.25) is 4.79 Å². The molecule has 0 aliphatic rings. The maximum Gasteiger partial charge on any atom is 0.270 e. The normalized spacial score (nSPS) is 10.2. The quantitative estimate of drug-likeness (QED) is 0.753. The Balaban J connectivity index is 2.79. The molecule has 0 aliphatic heterocycles. The van der Waals surface area contributed by atoms with Crippen LogP contribution in [0.5, 0.6) is 0 Å². The lowest BCUT2D eigenvalue weighted by Crippen LogP contribution is -2.25. The third-order valence-corrected chi connectivity index (χ3v) is 2.17. The van der Waals surface area contributed by atoms with Gasteiger partial charge in [0.2, 0.25) is 0 Å². The second-order valence-corrected chi connectivity index (χ2v) is 4.46. The lowest BCUT2D eigenvalue weighted by molar-refractivity contribution is 0.0952. The third-order valence-electron chi connectivity index (χ3n) is 2.17. The Bertz CT molecular complexity index is 429. The first-order valence-electron chi connectivity index (χ1n) is 6.01. The Labute approximate surface area is 108 Å². The van der Waals surface area contributed by atoms with Crippen LogP contribution in [0.25, 0.3) is 0 Å². The average molecular weight is 248 g/mol. The Hall–Kier alpha value is -1.91. The van der Waals surface area contributed by atoms with E-state index < -0.39 is 0 Å². The van der Waals surface area contributed by atoms with Crippen molar-refractivity contribution in [2.75, 3.05) is 18.4 Å². The summed E-state index contributed by atoms with van der Waals surface area (Å²) in [6, 6.07) is 1.66. The van der Waals surface area contributed by atoms with Crippen molar-refractivity contribution in [3.05, 3.63) is 30.2 Å². The molecule has 0 spiro atoms. The van der Waals surface area contributed by atoms with Crippen LogP contribution in [0.2, 0.25) is 0 Å². The molecule has 1 aromatic heterocycles. The smallest absolute Gasteiger partial charge is 0.270 e. The van der Waals surface area contributed by atoms with Crippen molar-refractivity contribution in [1.82, 2.24) is 15.3 Å². The highest BCUT2D eigenvalue weighted by atomic mass is 16.1. The minimum atomic E-state index is -0.215. The van der Waals surface area contributed by atoms with Crippen LogP contribution in [-0.4, -0.2) is 29.0 Å². The molecule has 0 saturated carbocycles. The fourth-order valence-electron chi connectivity index (χ4n) is 1.34. The Kier molecular flexibility index (Phi) is 5.30. The number of aromatic nitrogens is 2. The molecule has 2 N–H and O–H groups in total. The summed E-state index contributed by atoms with van der Waals surface area (Å²) >= 11 is 0. The van der Waals surface area contributed by atoms with Crippen molar-refractivity contribution < 1.29 is 4.79 Å². The van der Waals surface area contributed by atoms with Crippen molar-refractivity contribution in [2.24, 2.45) is 5.92 Å². The van der Waals surface area contributed by atoms with Gasteiger partial charge >= 0.3 is 0 Å². The van der Waals surface area contributed by atoms with Gasteiger partial charge in [-0.05, 0) is 12.8 Å². The Morgan fingerprint density at radius 3 is 2.83 bits per heavy atom. The molecule has 1 aromatic rings. The summed E-state index contributed by atoms with van der Waals surface area (Å²) in [5.41, 5.74) is 0.371. The number of amides is 1. The first-order valence-corrected chi connectivity index (χ1v) is 6.01. The van der Waals surface area contributed by atoms with Gasteiger partial charge in [0.1, 0.15) is 17.3 Å². The predicted octanol–water partition coefficient (Wildman–Crippen LogP) is 1.77. The average Bonchev–Trinajstić information content (AvgIpc) is 2.32. The van der Waals surface area contributed by atoms with Crippen LogP contribution in [0.3, 0.4) is 0 Å². The molecular formula is C13H20N4O. The van der Waals surface area contributed by atoms with Gasteiger partial charge in [-0.2, -0.15) is 0 Å². The monoisotopic (exact) mass is 248 g/mol. The van der Waals surface area contributed by atoms with E-state index in [1.807, 2.05) is 0 Å². The van der Waals surface area contributed by atoms with Crippen LogP contribution in [0, 0.1) is 12.8 Å². The zero-order chi connectivity index (χ0) is 13.5. The van der Waals surface area contributed by atoms with Crippen molar-refractivity contribution >= 4 is 11.7 Å². The van der Waals surface area contributed by atoms with E-state index in [9.17, 15) is 4.79 Å². The number of carbonyl (C=O) groups excluding carboxylic acids is 1. The van der Waals surface area contributed by atoms with Gasteiger partial charge in [0.15, 0.2) is 0 Å². The van der Waals surface area contributed by atoms with E-state index in [-0.39, 0.29) is 5.91 Å². The first kappa shape index (κ1) is 14.2. The fourth-order valence-corrected chi connectivity index (χ4v) is 1.34. The summed E-state index contributed by atoms with van der Waals surface area (Å²) in [5, 5.41) is 5.88. The van der Waals surface area contributed by atoms with E-state index in [0.29, 0.717) is 29.8 Å². The molecule has 0 aromatic carbocycles. The van der Waals surface area contributed by atoms with E-state index in [0.717, 1.165) is 6.54 Å². The molecule has 98 valence electrons. The highest BCUT2D eigenvalue weighted by molar-refractivity contribution is 5.93. The molecule has 1 amide bonds. The van der Waals surface area contributed by atoms with E-state index in [2.05, 4.69) is 41.0 Å².